The van der Waals surface area contributed by atoms with E-state index >= 15 is 0 Å². The Hall–Kier alpha value is -1.14. The Labute approximate surface area is 106 Å². The molecule has 0 aromatic carbocycles. The lowest BCUT2D eigenvalue weighted by Crippen LogP contribution is -1.97. The summed E-state index contributed by atoms with van der Waals surface area (Å²) in [6.45, 7) is 1.88. The molecule has 0 aliphatic rings. The van der Waals surface area contributed by atoms with Gasteiger partial charge in [-0.25, -0.2) is 9.67 Å². The summed E-state index contributed by atoms with van der Waals surface area (Å²) in [5.74, 6) is 0.955. The summed E-state index contributed by atoms with van der Waals surface area (Å²) < 4.78 is 7.82. The number of rotatable bonds is 2. The lowest BCUT2D eigenvalue weighted by Gasteiger charge is -2.05. The van der Waals surface area contributed by atoms with Crippen LogP contribution in [0, 0.1) is 6.92 Å². The molecule has 0 amide bonds. The number of ether oxygens (including phenoxy) is 1. The molecule has 16 heavy (non-hydrogen) atoms. The van der Waals surface area contributed by atoms with Gasteiger partial charge >= 0.3 is 0 Å². The molecular formula is C9H8BrClN4O. The van der Waals surface area contributed by atoms with Crippen LogP contribution in [0.2, 0.25) is 5.28 Å². The normalized spacial score (nSPS) is 10.5. The average molecular weight is 304 g/mol. The minimum Gasteiger partial charge on any atom is -0.420 e. The van der Waals surface area contributed by atoms with E-state index < -0.39 is 0 Å². The molecule has 0 N–H and O–H groups in total. The summed E-state index contributed by atoms with van der Waals surface area (Å²) in [6.07, 6.45) is 1.54. The Balaban J connectivity index is 2.33. The highest BCUT2D eigenvalue weighted by Gasteiger charge is 2.10. The number of nitrogens with zero attached hydrogens (tertiary/aromatic N) is 4. The first-order valence-electron chi connectivity index (χ1n) is 4.43. The first-order chi connectivity index (χ1) is 7.56. The van der Waals surface area contributed by atoms with E-state index in [0.29, 0.717) is 16.2 Å². The fourth-order valence-corrected chi connectivity index (χ4v) is 1.58. The number of halogens is 2. The summed E-state index contributed by atoms with van der Waals surface area (Å²) in [4.78, 5) is 7.78. The van der Waals surface area contributed by atoms with Gasteiger partial charge in [0.05, 0.1) is 10.2 Å². The monoisotopic (exact) mass is 302 g/mol. The van der Waals surface area contributed by atoms with Crippen LogP contribution in [-0.2, 0) is 7.05 Å². The first-order valence-corrected chi connectivity index (χ1v) is 5.60. The molecular weight excluding hydrogens is 295 g/mol. The van der Waals surface area contributed by atoms with Crippen LogP contribution in [0.5, 0.6) is 11.8 Å². The lowest BCUT2D eigenvalue weighted by atomic mass is 10.5. The summed E-state index contributed by atoms with van der Waals surface area (Å²) in [7, 11) is 1.79. The van der Waals surface area contributed by atoms with Crippen molar-refractivity contribution in [3.05, 3.63) is 27.7 Å². The van der Waals surface area contributed by atoms with Crippen molar-refractivity contribution in [1.29, 1.82) is 0 Å². The van der Waals surface area contributed by atoms with Crippen molar-refractivity contribution in [2.24, 2.45) is 7.05 Å². The Kier molecular flexibility index (Phi) is 3.11. The third-order valence-electron chi connectivity index (χ3n) is 1.84. The second kappa shape index (κ2) is 4.39. The van der Waals surface area contributed by atoms with Gasteiger partial charge in [-0.1, -0.05) is 0 Å². The molecule has 2 aromatic heterocycles. The van der Waals surface area contributed by atoms with Gasteiger partial charge in [0.15, 0.2) is 0 Å². The molecule has 0 fully saturated rings. The van der Waals surface area contributed by atoms with Gasteiger partial charge in [-0.15, -0.1) is 0 Å². The van der Waals surface area contributed by atoms with E-state index in [9.17, 15) is 0 Å². The molecule has 0 aliphatic carbocycles. The van der Waals surface area contributed by atoms with Gasteiger partial charge in [0.1, 0.15) is 0 Å². The van der Waals surface area contributed by atoms with Crippen LogP contribution in [0.25, 0.3) is 0 Å². The van der Waals surface area contributed by atoms with E-state index in [1.807, 2.05) is 13.0 Å². The maximum Gasteiger partial charge on any atom is 0.239 e. The standard InChI is InChI=1S/C9H8BrClN4O/c1-5-3-7(15(2)14-5)16-8-6(10)4-12-9(11)13-8/h3-4H,1-2H3. The molecule has 0 aliphatic heterocycles. The van der Waals surface area contributed by atoms with E-state index in [-0.39, 0.29) is 5.28 Å². The summed E-state index contributed by atoms with van der Waals surface area (Å²) in [5.41, 5.74) is 0.869. The van der Waals surface area contributed by atoms with E-state index in [1.54, 1.807) is 11.7 Å². The molecule has 0 spiro atoms. The number of aromatic nitrogens is 4. The summed E-state index contributed by atoms with van der Waals surface area (Å²) in [5, 5.41) is 4.30. The van der Waals surface area contributed by atoms with Crippen LogP contribution in [0.1, 0.15) is 5.69 Å². The van der Waals surface area contributed by atoms with Gasteiger partial charge in [0.25, 0.3) is 0 Å². The zero-order valence-corrected chi connectivity index (χ0v) is 10.9. The Morgan fingerprint density at radius 3 is 2.88 bits per heavy atom. The van der Waals surface area contributed by atoms with E-state index in [2.05, 4.69) is 31.0 Å². The quantitative estimate of drug-likeness (QED) is 0.801. The smallest absolute Gasteiger partial charge is 0.239 e. The number of aryl methyl sites for hydroxylation is 2. The van der Waals surface area contributed by atoms with Crippen molar-refractivity contribution in [3.63, 3.8) is 0 Å². The van der Waals surface area contributed by atoms with Crippen molar-refractivity contribution < 1.29 is 4.74 Å². The van der Waals surface area contributed by atoms with Crippen molar-refractivity contribution >= 4 is 27.5 Å². The zero-order valence-electron chi connectivity index (χ0n) is 8.61. The van der Waals surface area contributed by atoms with E-state index in [0.717, 1.165) is 5.69 Å². The molecule has 7 heteroatoms. The van der Waals surface area contributed by atoms with Crippen LogP contribution in [0.4, 0.5) is 0 Å². The van der Waals surface area contributed by atoms with Crippen LogP contribution in [-0.4, -0.2) is 19.7 Å². The maximum absolute atomic E-state index is 5.68. The highest BCUT2D eigenvalue weighted by atomic mass is 79.9. The predicted octanol–water partition coefficient (Wildman–Crippen LogP) is 2.73. The molecule has 0 radical (unpaired) electrons. The Bertz CT molecular complexity index is 528. The second-order valence-electron chi connectivity index (χ2n) is 3.14. The van der Waals surface area contributed by atoms with Gasteiger partial charge in [-0.05, 0) is 34.5 Å². The third-order valence-corrected chi connectivity index (χ3v) is 2.57. The van der Waals surface area contributed by atoms with Crippen molar-refractivity contribution in [1.82, 2.24) is 19.7 Å². The minimum atomic E-state index is 0.136. The Morgan fingerprint density at radius 2 is 2.25 bits per heavy atom. The van der Waals surface area contributed by atoms with Crippen molar-refractivity contribution in [3.8, 4) is 11.8 Å². The highest BCUT2D eigenvalue weighted by molar-refractivity contribution is 9.10. The number of hydrogen-bond donors (Lipinski definition) is 0. The van der Waals surface area contributed by atoms with Crippen LogP contribution in [0.3, 0.4) is 0 Å². The molecule has 2 aromatic rings. The predicted molar refractivity (Wildman–Crippen MR) is 62.8 cm³/mol. The van der Waals surface area contributed by atoms with Crippen molar-refractivity contribution in [2.45, 2.75) is 6.92 Å². The summed E-state index contributed by atoms with van der Waals surface area (Å²) >= 11 is 8.96. The molecule has 0 unspecified atom stereocenters. The topological polar surface area (TPSA) is 52.8 Å². The number of hydrogen-bond acceptors (Lipinski definition) is 4. The molecule has 0 atom stereocenters. The maximum atomic E-state index is 5.68. The van der Waals surface area contributed by atoms with E-state index in [1.165, 1.54) is 6.20 Å². The van der Waals surface area contributed by atoms with Crippen LogP contribution in [0.15, 0.2) is 16.7 Å². The summed E-state index contributed by atoms with van der Waals surface area (Å²) in [6, 6.07) is 1.81. The van der Waals surface area contributed by atoms with Crippen LogP contribution < -0.4 is 4.74 Å². The fraction of sp³-hybridized carbons (Fsp3) is 0.222. The SMILES string of the molecule is Cc1cc(Oc2nc(Cl)ncc2Br)n(C)n1. The van der Waals surface area contributed by atoms with Gasteiger partial charge in [-0.2, -0.15) is 10.1 Å². The van der Waals surface area contributed by atoms with Gasteiger partial charge in [-0.3, -0.25) is 0 Å². The molecule has 2 heterocycles. The highest BCUT2D eigenvalue weighted by Crippen LogP contribution is 2.27. The first kappa shape index (κ1) is 11.3. The molecule has 0 bridgehead atoms. The van der Waals surface area contributed by atoms with Gasteiger partial charge in [0.2, 0.25) is 17.0 Å². The van der Waals surface area contributed by atoms with E-state index in [4.69, 9.17) is 16.3 Å². The van der Waals surface area contributed by atoms with Gasteiger partial charge in [0, 0.05) is 19.3 Å². The van der Waals surface area contributed by atoms with Crippen molar-refractivity contribution in [2.75, 3.05) is 0 Å². The molecule has 2 rings (SSSR count). The molecule has 84 valence electrons. The second-order valence-corrected chi connectivity index (χ2v) is 4.33. The minimum absolute atomic E-state index is 0.136. The zero-order chi connectivity index (χ0) is 11.7. The third kappa shape index (κ3) is 2.33. The largest absolute Gasteiger partial charge is 0.420 e. The van der Waals surface area contributed by atoms with Gasteiger partial charge < -0.3 is 4.74 Å². The van der Waals surface area contributed by atoms with Crippen LogP contribution >= 0.6 is 27.5 Å². The lowest BCUT2D eigenvalue weighted by molar-refractivity contribution is 0.412. The fourth-order valence-electron chi connectivity index (χ4n) is 1.18. The Morgan fingerprint density at radius 1 is 1.50 bits per heavy atom. The molecule has 0 saturated carbocycles. The molecule has 0 saturated heterocycles. The average Bonchev–Trinajstić information content (AvgIpc) is 2.51. The molecule has 5 nitrogen and oxygen atoms in total.